The monoisotopic (exact) mass is 523 g/mol. The maximum absolute atomic E-state index is 12.5. The highest BCUT2D eigenvalue weighted by atomic mass is 31.2. The standard InChI is InChI=1S/C26H54NO7P/c1-5-6-7-8-9-10-11-12-13-14-15-16-17-18-21-33-22-25(28)23-34-35(31,32)24(2)27(3,4)20-19-26(29)30/h13-14,24-26,28-30H,5-12,15-23H2,1-4H3/b14-13-/t24?,25-/m1/s1. The van der Waals surface area contributed by atoms with E-state index in [9.17, 15) is 14.6 Å². The number of aliphatic hydroxyl groups is 3. The maximum Gasteiger partial charge on any atom is 0.192 e. The van der Waals surface area contributed by atoms with Crippen LogP contribution in [0.15, 0.2) is 12.2 Å². The smallest absolute Gasteiger partial charge is 0.192 e. The zero-order chi connectivity index (χ0) is 26.6. The number of quaternary nitrogens is 1. The molecule has 0 aromatic heterocycles. The van der Waals surface area contributed by atoms with Crippen molar-refractivity contribution < 1.29 is 38.5 Å². The Morgan fingerprint density at radius 2 is 1.43 bits per heavy atom. The Labute approximate surface area is 214 Å². The molecule has 0 aromatic rings. The van der Waals surface area contributed by atoms with Gasteiger partial charge in [-0.3, -0.25) is 0 Å². The van der Waals surface area contributed by atoms with Crippen LogP contribution in [0.2, 0.25) is 0 Å². The number of hydrogen-bond acceptors (Lipinski definition) is 7. The van der Waals surface area contributed by atoms with E-state index in [-0.39, 0.29) is 30.7 Å². The minimum Gasteiger partial charge on any atom is -0.774 e. The number of unbranched alkanes of at least 4 members (excludes halogenated alkanes) is 10. The highest BCUT2D eigenvalue weighted by Gasteiger charge is 2.34. The summed E-state index contributed by atoms with van der Waals surface area (Å²) in [6, 6.07) is 0. The lowest BCUT2D eigenvalue weighted by atomic mass is 10.1. The fourth-order valence-electron chi connectivity index (χ4n) is 3.68. The molecule has 8 nitrogen and oxygen atoms in total. The predicted octanol–water partition coefficient (Wildman–Crippen LogP) is 4.31. The van der Waals surface area contributed by atoms with Gasteiger partial charge in [-0.1, -0.05) is 64.0 Å². The fourth-order valence-corrected chi connectivity index (χ4v) is 5.16. The third-order valence-corrected chi connectivity index (χ3v) is 8.54. The molecule has 0 saturated carbocycles. The van der Waals surface area contributed by atoms with E-state index in [4.69, 9.17) is 19.5 Å². The van der Waals surface area contributed by atoms with Crippen molar-refractivity contribution >= 4 is 7.60 Å². The molecule has 0 aromatic carbocycles. The number of ether oxygens (including phenoxy) is 1. The lowest BCUT2D eigenvalue weighted by molar-refractivity contribution is -0.902. The Morgan fingerprint density at radius 3 is 2.00 bits per heavy atom. The first-order valence-corrected chi connectivity index (χ1v) is 15.2. The van der Waals surface area contributed by atoms with Gasteiger partial charge >= 0.3 is 0 Å². The Kier molecular flexibility index (Phi) is 20.5. The zero-order valence-electron chi connectivity index (χ0n) is 22.8. The van der Waals surface area contributed by atoms with E-state index in [1.165, 1.54) is 58.3 Å². The molecule has 3 atom stereocenters. The van der Waals surface area contributed by atoms with Crippen molar-refractivity contribution in [3.8, 4) is 0 Å². The van der Waals surface area contributed by atoms with Crippen molar-refractivity contribution in [1.29, 1.82) is 0 Å². The minimum absolute atomic E-state index is 0.0271. The van der Waals surface area contributed by atoms with Crippen LogP contribution in [-0.4, -0.2) is 78.4 Å². The van der Waals surface area contributed by atoms with Crippen molar-refractivity contribution in [2.45, 2.75) is 115 Å². The quantitative estimate of drug-likeness (QED) is 0.0567. The maximum atomic E-state index is 12.5. The van der Waals surface area contributed by atoms with Crippen LogP contribution >= 0.6 is 7.60 Å². The van der Waals surface area contributed by atoms with E-state index >= 15 is 0 Å². The van der Waals surface area contributed by atoms with Crippen molar-refractivity contribution in [3.05, 3.63) is 12.2 Å². The number of nitrogens with zero attached hydrogens (tertiary/aromatic N) is 1. The Hall–Kier alpha value is -0.310. The predicted molar refractivity (Wildman–Crippen MR) is 140 cm³/mol. The number of rotatable bonds is 24. The van der Waals surface area contributed by atoms with Crippen molar-refractivity contribution in [2.75, 3.05) is 40.5 Å². The molecule has 35 heavy (non-hydrogen) atoms. The molecule has 0 amide bonds. The third kappa shape index (κ3) is 19.5. The third-order valence-electron chi connectivity index (χ3n) is 6.49. The van der Waals surface area contributed by atoms with Crippen LogP contribution in [0.25, 0.3) is 0 Å². The summed E-state index contributed by atoms with van der Waals surface area (Å²) in [5, 5.41) is 28.1. The van der Waals surface area contributed by atoms with Crippen LogP contribution in [0.3, 0.4) is 0 Å². The molecule has 0 heterocycles. The fraction of sp³-hybridized carbons (Fsp3) is 0.923. The van der Waals surface area contributed by atoms with E-state index in [1.54, 1.807) is 14.1 Å². The van der Waals surface area contributed by atoms with E-state index in [0.29, 0.717) is 6.61 Å². The Balaban J connectivity index is 3.77. The summed E-state index contributed by atoms with van der Waals surface area (Å²) in [4.78, 5) is 12.5. The molecule has 0 saturated heterocycles. The molecule has 0 radical (unpaired) electrons. The van der Waals surface area contributed by atoms with Crippen LogP contribution in [-0.2, 0) is 13.8 Å². The van der Waals surface area contributed by atoms with Gasteiger partial charge in [0, 0.05) is 13.0 Å². The minimum atomic E-state index is -4.26. The van der Waals surface area contributed by atoms with Crippen LogP contribution < -0.4 is 4.89 Å². The molecule has 3 N–H and O–H groups in total. The largest absolute Gasteiger partial charge is 0.774 e. The molecule has 0 bridgehead atoms. The van der Waals surface area contributed by atoms with Gasteiger partial charge in [0.25, 0.3) is 0 Å². The molecule has 0 aliphatic carbocycles. The summed E-state index contributed by atoms with van der Waals surface area (Å²) in [5.74, 6) is -0.890. The number of allylic oxidation sites excluding steroid dienone is 2. The molecule has 9 heteroatoms. The summed E-state index contributed by atoms with van der Waals surface area (Å²) < 4.78 is 23.0. The van der Waals surface area contributed by atoms with Crippen LogP contribution in [0.4, 0.5) is 0 Å². The zero-order valence-corrected chi connectivity index (χ0v) is 23.7. The van der Waals surface area contributed by atoms with Crippen LogP contribution in [0.1, 0.15) is 97.3 Å². The lowest BCUT2D eigenvalue weighted by Gasteiger charge is -2.42. The van der Waals surface area contributed by atoms with Crippen LogP contribution in [0.5, 0.6) is 0 Å². The van der Waals surface area contributed by atoms with Gasteiger partial charge in [-0.05, 0) is 39.0 Å². The highest BCUT2D eigenvalue weighted by molar-refractivity contribution is 7.51. The van der Waals surface area contributed by atoms with E-state index in [1.807, 2.05) is 0 Å². The first-order chi connectivity index (χ1) is 16.5. The van der Waals surface area contributed by atoms with Gasteiger partial charge in [0.05, 0.1) is 33.9 Å². The van der Waals surface area contributed by atoms with E-state index < -0.39 is 25.8 Å². The van der Waals surface area contributed by atoms with Crippen molar-refractivity contribution in [2.24, 2.45) is 0 Å². The highest BCUT2D eigenvalue weighted by Crippen LogP contribution is 2.46. The van der Waals surface area contributed by atoms with E-state index in [2.05, 4.69) is 19.1 Å². The average Bonchev–Trinajstić information content (AvgIpc) is 2.80. The first-order valence-electron chi connectivity index (χ1n) is 13.6. The molecule has 2 unspecified atom stereocenters. The lowest BCUT2D eigenvalue weighted by Crippen LogP contribution is -2.50. The van der Waals surface area contributed by atoms with Gasteiger partial charge < -0.3 is 38.5 Å². The van der Waals surface area contributed by atoms with Gasteiger partial charge in [-0.15, -0.1) is 0 Å². The Bertz CT molecular complexity index is 572. The molecular formula is C26H54NO7P. The SMILES string of the molecule is CCCCCCCCC/C=C\CCCCCOC[C@@H](O)COP(=O)([O-])C(C)[N+](C)(C)CCC(O)O. The molecule has 0 aliphatic heterocycles. The molecule has 0 spiro atoms. The van der Waals surface area contributed by atoms with E-state index in [0.717, 1.165) is 25.7 Å². The van der Waals surface area contributed by atoms with Crippen molar-refractivity contribution in [1.82, 2.24) is 0 Å². The molecule has 0 rings (SSSR count). The Morgan fingerprint density at radius 1 is 0.886 bits per heavy atom. The molecule has 0 aliphatic rings. The van der Waals surface area contributed by atoms with Gasteiger partial charge in [-0.2, -0.15) is 0 Å². The summed E-state index contributed by atoms with van der Waals surface area (Å²) in [7, 11) is -0.884. The van der Waals surface area contributed by atoms with Gasteiger partial charge in [0.15, 0.2) is 13.9 Å². The summed E-state index contributed by atoms with van der Waals surface area (Å²) in [6.45, 7) is 4.23. The van der Waals surface area contributed by atoms with Gasteiger partial charge in [0.1, 0.15) is 11.9 Å². The molecule has 210 valence electrons. The molecule has 0 fully saturated rings. The number of hydrogen-bond donors (Lipinski definition) is 3. The van der Waals surface area contributed by atoms with Crippen molar-refractivity contribution in [3.63, 3.8) is 0 Å². The van der Waals surface area contributed by atoms with Gasteiger partial charge in [-0.25, -0.2) is 0 Å². The normalized spacial score (nSPS) is 16.1. The molecular weight excluding hydrogens is 469 g/mol. The summed E-state index contributed by atoms with van der Waals surface area (Å²) in [6.07, 6.45) is 16.8. The average molecular weight is 524 g/mol. The van der Waals surface area contributed by atoms with Gasteiger partial charge in [0.2, 0.25) is 0 Å². The number of aliphatic hydroxyl groups excluding tert-OH is 2. The topological polar surface area (TPSA) is 119 Å². The second-order valence-electron chi connectivity index (χ2n) is 10.2. The first kappa shape index (κ1) is 34.7. The second kappa shape index (κ2) is 20.7. The summed E-state index contributed by atoms with van der Waals surface area (Å²) >= 11 is 0. The second-order valence-corrected chi connectivity index (χ2v) is 12.3. The summed E-state index contributed by atoms with van der Waals surface area (Å²) in [5.41, 5.74) is 0. The van der Waals surface area contributed by atoms with Crippen LogP contribution in [0, 0.1) is 0 Å².